The molecule has 0 atom stereocenters. The highest BCUT2D eigenvalue weighted by atomic mass is 16.2. The zero-order chi connectivity index (χ0) is 18.0. The first-order chi connectivity index (χ1) is 12.0. The zero-order valence-electron chi connectivity index (χ0n) is 14.2. The Bertz CT molecular complexity index is 1030. The Labute approximate surface area is 143 Å². The van der Waals surface area contributed by atoms with Crippen LogP contribution in [-0.4, -0.2) is 30.3 Å². The van der Waals surface area contributed by atoms with Crippen molar-refractivity contribution in [3.8, 4) is 0 Å². The van der Waals surface area contributed by atoms with Gasteiger partial charge >= 0.3 is 5.69 Å². The number of aryl methyl sites for hydroxylation is 1. The number of aromatic nitrogens is 5. The average molecular weight is 341 g/mol. The monoisotopic (exact) mass is 341 g/mol. The topological polar surface area (TPSA) is 110 Å². The van der Waals surface area contributed by atoms with Crippen LogP contribution in [0.5, 0.6) is 0 Å². The Morgan fingerprint density at radius 3 is 2.72 bits per heavy atom. The van der Waals surface area contributed by atoms with E-state index in [1.165, 1.54) is 4.57 Å². The van der Waals surface area contributed by atoms with Crippen LogP contribution in [0.2, 0.25) is 0 Å². The molecule has 9 heteroatoms. The molecule has 25 heavy (non-hydrogen) atoms. The van der Waals surface area contributed by atoms with Gasteiger partial charge in [-0.3, -0.25) is 19.3 Å². The molecule has 3 rings (SSSR count). The number of hydrazone groups is 1. The van der Waals surface area contributed by atoms with Gasteiger partial charge in [-0.1, -0.05) is 13.8 Å². The Hall–Kier alpha value is -3.23. The summed E-state index contributed by atoms with van der Waals surface area (Å²) >= 11 is 0. The highest BCUT2D eigenvalue weighted by molar-refractivity contribution is 5.80. The van der Waals surface area contributed by atoms with Crippen molar-refractivity contribution in [3.63, 3.8) is 0 Å². The van der Waals surface area contributed by atoms with Gasteiger partial charge in [-0.05, 0) is 23.6 Å². The predicted octanol–water partition coefficient (Wildman–Crippen LogP) is 0.920. The van der Waals surface area contributed by atoms with E-state index in [-0.39, 0.29) is 5.92 Å². The molecule has 130 valence electrons. The molecule has 0 spiro atoms. The number of imidazole rings is 1. The molecule has 0 aliphatic heterocycles. The Balaban J connectivity index is 2.06. The van der Waals surface area contributed by atoms with Crippen LogP contribution in [0.4, 0.5) is 5.95 Å². The van der Waals surface area contributed by atoms with Gasteiger partial charge in [0.25, 0.3) is 5.56 Å². The molecule has 0 aliphatic carbocycles. The van der Waals surface area contributed by atoms with E-state index in [1.807, 2.05) is 26.0 Å². The van der Waals surface area contributed by atoms with Gasteiger partial charge in [0, 0.05) is 26.0 Å². The molecule has 9 nitrogen and oxygen atoms in total. The highest BCUT2D eigenvalue weighted by Gasteiger charge is 2.17. The number of pyridine rings is 1. The van der Waals surface area contributed by atoms with E-state index in [9.17, 15) is 9.59 Å². The minimum Gasteiger partial charge on any atom is -0.303 e. The van der Waals surface area contributed by atoms with E-state index < -0.39 is 11.2 Å². The van der Waals surface area contributed by atoms with Crippen molar-refractivity contribution >= 4 is 23.3 Å². The Kier molecular flexibility index (Phi) is 4.46. The lowest BCUT2D eigenvalue weighted by molar-refractivity contribution is 0.535. The van der Waals surface area contributed by atoms with Crippen molar-refractivity contribution in [1.82, 2.24) is 24.1 Å². The summed E-state index contributed by atoms with van der Waals surface area (Å²) in [5.41, 5.74) is 3.44. The van der Waals surface area contributed by atoms with Crippen LogP contribution in [0.3, 0.4) is 0 Å². The number of rotatable bonds is 5. The maximum Gasteiger partial charge on any atom is 0.329 e. The lowest BCUT2D eigenvalue weighted by atomic mass is 10.2. The number of H-pyrrole nitrogens is 1. The van der Waals surface area contributed by atoms with Crippen molar-refractivity contribution in [2.45, 2.75) is 20.4 Å². The standard InChI is InChI=1S/C16H19N7O2/c1-10(2)9-23-12-13(22(3)16(25)20-14(12)24)19-15(23)21-18-8-11-4-6-17-7-5-11/h4-8,10H,9H2,1-3H3,(H,19,21)(H,20,24,25)/b18-8+. The van der Waals surface area contributed by atoms with Crippen molar-refractivity contribution in [2.24, 2.45) is 18.1 Å². The fourth-order valence-electron chi connectivity index (χ4n) is 2.48. The van der Waals surface area contributed by atoms with Crippen molar-refractivity contribution in [2.75, 3.05) is 5.43 Å². The molecule has 0 radical (unpaired) electrons. The van der Waals surface area contributed by atoms with E-state index in [4.69, 9.17) is 0 Å². The number of hydrogen-bond donors (Lipinski definition) is 2. The summed E-state index contributed by atoms with van der Waals surface area (Å²) in [6, 6.07) is 3.63. The molecule has 3 heterocycles. The van der Waals surface area contributed by atoms with Crippen LogP contribution in [0.1, 0.15) is 19.4 Å². The number of nitrogens with one attached hydrogen (secondary N) is 2. The van der Waals surface area contributed by atoms with Crippen LogP contribution < -0.4 is 16.7 Å². The van der Waals surface area contributed by atoms with Crippen LogP contribution >= 0.6 is 0 Å². The second kappa shape index (κ2) is 6.71. The summed E-state index contributed by atoms with van der Waals surface area (Å²) in [6.45, 7) is 4.63. The SMILES string of the molecule is CC(C)Cn1c(N/N=C/c2ccncc2)nc2c1c(=O)[nH]c(=O)n2C. The van der Waals surface area contributed by atoms with E-state index in [0.717, 1.165) is 5.56 Å². The third kappa shape index (κ3) is 3.35. The highest BCUT2D eigenvalue weighted by Crippen LogP contribution is 2.17. The predicted molar refractivity (Wildman–Crippen MR) is 95.9 cm³/mol. The summed E-state index contributed by atoms with van der Waals surface area (Å²) in [4.78, 5) is 34.7. The number of aromatic amines is 1. The normalized spacial score (nSPS) is 11.7. The Morgan fingerprint density at radius 2 is 2.04 bits per heavy atom. The van der Waals surface area contributed by atoms with Crippen molar-refractivity contribution in [3.05, 3.63) is 50.9 Å². The zero-order valence-corrected chi connectivity index (χ0v) is 14.2. The van der Waals surface area contributed by atoms with E-state index in [0.29, 0.717) is 23.7 Å². The maximum atomic E-state index is 12.3. The fourth-order valence-corrected chi connectivity index (χ4v) is 2.48. The van der Waals surface area contributed by atoms with Crippen molar-refractivity contribution < 1.29 is 0 Å². The minimum atomic E-state index is -0.501. The van der Waals surface area contributed by atoms with Crippen LogP contribution in [-0.2, 0) is 13.6 Å². The second-order valence-electron chi connectivity index (χ2n) is 6.08. The molecule has 0 unspecified atom stereocenters. The third-order valence-electron chi connectivity index (χ3n) is 3.64. The molecule has 0 amide bonds. The van der Waals surface area contributed by atoms with Gasteiger partial charge in [-0.2, -0.15) is 10.1 Å². The number of nitrogens with zero attached hydrogens (tertiary/aromatic N) is 5. The molecule has 0 saturated heterocycles. The van der Waals surface area contributed by atoms with Gasteiger partial charge in [0.1, 0.15) is 0 Å². The Morgan fingerprint density at radius 1 is 1.32 bits per heavy atom. The number of anilines is 1. The van der Waals surface area contributed by atoms with Gasteiger partial charge in [0.15, 0.2) is 11.2 Å². The smallest absolute Gasteiger partial charge is 0.303 e. The molecule has 0 saturated carbocycles. The number of hydrogen-bond acceptors (Lipinski definition) is 6. The summed E-state index contributed by atoms with van der Waals surface area (Å²) in [5.74, 6) is 0.680. The molecule has 3 aromatic heterocycles. The van der Waals surface area contributed by atoms with Crippen LogP contribution in [0.25, 0.3) is 11.2 Å². The van der Waals surface area contributed by atoms with Crippen molar-refractivity contribution in [1.29, 1.82) is 0 Å². The first-order valence-electron chi connectivity index (χ1n) is 7.86. The minimum absolute atomic E-state index is 0.277. The first kappa shape index (κ1) is 16.6. The lowest BCUT2D eigenvalue weighted by Gasteiger charge is -2.10. The molecule has 3 aromatic rings. The molecule has 0 fully saturated rings. The van der Waals surface area contributed by atoms with Gasteiger partial charge in [0.2, 0.25) is 5.95 Å². The molecule has 0 bridgehead atoms. The van der Waals surface area contributed by atoms with E-state index >= 15 is 0 Å². The second-order valence-corrected chi connectivity index (χ2v) is 6.08. The average Bonchev–Trinajstić information content (AvgIpc) is 2.92. The summed E-state index contributed by atoms with van der Waals surface area (Å²) in [5, 5.41) is 4.17. The quantitative estimate of drug-likeness (QED) is 0.530. The van der Waals surface area contributed by atoms with Crippen LogP contribution in [0, 0.1) is 5.92 Å². The molecule has 0 aromatic carbocycles. The third-order valence-corrected chi connectivity index (χ3v) is 3.64. The van der Waals surface area contributed by atoms with Crippen LogP contribution in [0.15, 0.2) is 39.2 Å². The first-order valence-corrected chi connectivity index (χ1v) is 7.86. The summed E-state index contributed by atoms with van der Waals surface area (Å²) in [6.07, 6.45) is 4.97. The molecule has 0 aliphatic rings. The lowest BCUT2D eigenvalue weighted by Crippen LogP contribution is -2.29. The number of fused-ring (bicyclic) bond motifs is 1. The molecule has 2 N–H and O–H groups in total. The maximum absolute atomic E-state index is 12.3. The van der Waals surface area contributed by atoms with E-state index in [2.05, 4.69) is 25.5 Å². The fraction of sp³-hybridized carbons (Fsp3) is 0.312. The van der Waals surface area contributed by atoms with Gasteiger partial charge in [-0.25, -0.2) is 10.2 Å². The largest absolute Gasteiger partial charge is 0.329 e. The molecular formula is C16H19N7O2. The van der Waals surface area contributed by atoms with Gasteiger partial charge in [0.05, 0.1) is 6.21 Å². The van der Waals surface area contributed by atoms with E-state index in [1.54, 1.807) is 30.2 Å². The van der Waals surface area contributed by atoms with Gasteiger partial charge in [-0.15, -0.1) is 0 Å². The van der Waals surface area contributed by atoms with Gasteiger partial charge < -0.3 is 4.57 Å². The summed E-state index contributed by atoms with van der Waals surface area (Å²) < 4.78 is 3.05. The molecular weight excluding hydrogens is 322 g/mol. The summed E-state index contributed by atoms with van der Waals surface area (Å²) in [7, 11) is 1.57.